The number of aliphatic hydroxyl groups excluding tert-OH is 1. The molecular weight excluding hydrogens is 1500 g/mol. The van der Waals surface area contributed by atoms with Gasteiger partial charge in [0, 0.05) is 24.2 Å². The monoisotopic (exact) mass is 1590 g/mol. The lowest BCUT2D eigenvalue weighted by Crippen LogP contribution is -2.61. The van der Waals surface area contributed by atoms with Crippen LogP contribution in [0.4, 0.5) is 10.5 Å². The van der Waals surface area contributed by atoms with Crippen LogP contribution in [0.25, 0.3) is 0 Å². The number of cyclic esters (lactones) is 1. The molecule has 3 aromatic carbocycles. The van der Waals surface area contributed by atoms with Crippen molar-refractivity contribution < 1.29 is 136 Å². The van der Waals surface area contributed by atoms with Crippen LogP contribution in [0.15, 0.2) is 78.9 Å². The van der Waals surface area contributed by atoms with Crippen LogP contribution in [-0.4, -0.2) is 250 Å². The number of carboxylic acid groups (broad SMARTS) is 4. The van der Waals surface area contributed by atoms with E-state index in [1.54, 1.807) is 54.6 Å². The molecular formula is C69H90N16O28. The molecule has 44 heteroatoms. The highest BCUT2D eigenvalue weighted by molar-refractivity contribution is 6.05. The molecule has 1 saturated heterocycles. The average molecular weight is 1590 g/mol. The number of ketones is 1. The van der Waals surface area contributed by atoms with Crippen LogP contribution in [0.1, 0.15) is 93.6 Å². The van der Waals surface area contributed by atoms with Gasteiger partial charge in [0.2, 0.25) is 76.8 Å². The fourth-order valence-electron chi connectivity index (χ4n) is 10.6. The zero-order chi connectivity index (χ0) is 84.3. The topological polar surface area (TPSA) is 705 Å². The summed E-state index contributed by atoms with van der Waals surface area (Å²) in [6.45, 7) is -1.43. The van der Waals surface area contributed by atoms with Crippen LogP contribution in [0.3, 0.4) is 0 Å². The number of anilines is 1. The Hall–Kier alpha value is -13.4. The number of esters is 1. The first-order valence-electron chi connectivity index (χ1n) is 34.5. The fourth-order valence-corrected chi connectivity index (χ4v) is 10.6. The lowest BCUT2D eigenvalue weighted by atomic mass is 9.96. The van der Waals surface area contributed by atoms with E-state index in [0.717, 1.165) is 20.8 Å². The van der Waals surface area contributed by atoms with Crippen LogP contribution in [0, 0.1) is 5.92 Å². The molecule has 1 heterocycles. The lowest BCUT2D eigenvalue weighted by molar-refractivity contribution is -0.156. The van der Waals surface area contributed by atoms with Crippen LogP contribution in [0.2, 0.25) is 0 Å². The van der Waals surface area contributed by atoms with Gasteiger partial charge in [-0.05, 0) is 74.4 Å². The number of nitrogens with two attached hydrogens (primary N) is 3. The van der Waals surface area contributed by atoms with E-state index in [0.29, 0.717) is 16.9 Å². The summed E-state index contributed by atoms with van der Waals surface area (Å²) in [6.07, 6.45) is -11.2. The number of hydrogen-bond acceptors (Lipinski definition) is 26. The smallest absolute Gasteiger partial charge is 0.407 e. The molecule has 4 rings (SSSR count). The molecule has 614 valence electrons. The minimum atomic E-state index is -2.47. The Labute approximate surface area is 642 Å². The Balaban J connectivity index is 1.90. The molecule has 3 aromatic rings. The number of nitrogens with one attached hydrogen (secondary N) is 13. The quantitative estimate of drug-likeness (QED) is 0.0128. The molecule has 0 aliphatic carbocycles. The molecule has 0 aromatic heterocycles. The summed E-state index contributed by atoms with van der Waals surface area (Å²) in [5, 5.41) is 77.4. The van der Waals surface area contributed by atoms with Gasteiger partial charge >= 0.3 is 35.9 Å². The van der Waals surface area contributed by atoms with E-state index in [1.165, 1.54) is 31.4 Å². The maximum atomic E-state index is 14.8. The van der Waals surface area contributed by atoms with Crippen molar-refractivity contribution in [1.82, 2.24) is 69.1 Å². The normalized spacial score (nSPS) is 21.2. The summed E-state index contributed by atoms with van der Waals surface area (Å²) in [5.41, 5.74) is 18.2. The Morgan fingerprint density at radius 3 is 1.69 bits per heavy atom. The van der Waals surface area contributed by atoms with E-state index >= 15 is 0 Å². The van der Waals surface area contributed by atoms with E-state index in [1.807, 2.05) is 21.3 Å². The second-order valence-electron chi connectivity index (χ2n) is 25.6. The van der Waals surface area contributed by atoms with Gasteiger partial charge in [0.05, 0.1) is 65.0 Å². The number of alkyl carbamates (subject to hydrolysis) is 1. The number of hydrogen-bond donors (Lipinski definition) is 21. The summed E-state index contributed by atoms with van der Waals surface area (Å²) in [6, 6.07) is -3.18. The van der Waals surface area contributed by atoms with Crippen molar-refractivity contribution >= 4 is 124 Å². The van der Waals surface area contributed by atoms with E-state index in [9.17, 15) is 121 Å². The van der Waals surface area contributed by atoms with Gasteiger partial charge in [0.15, 0.2) is 5.78 Å². The maximum absolute atomic E-state index is 14.8. The number of carbonyl (C=O) groups excluding carboxylic acids is 16. The molecule has 0 bridgehead atoms. The van der Waals surface area contributed by atoms with Gasteiger partial charge in [-0.3, -0.25) is 86.3 Å². The number of Topliss-reactive ketones (excluding diaryl/α,β-unsaturated/α-hetero) is 1. The summed E-state index contributed by atoms with van der Waals surface area (Å²) in [7, 11) is 1.40. The minimum absolute atomic E-state index is 0.171. The second kappa shape index (κ2) is 45.5. The molecule has 1 aliphatic heterocycles. The van der Waals surface area contributed by atoms with Crippen molar-refractivity contribution in [3.8, 4) is 5.75 Å². The van der Waals surface area contributed by atoms with Crippen LogP contribution >= 0.6 is 0 Å². The van der Waals surface area contributed by atoms with Crippen molar-refractivity contribution in [2.75, 3.05) is 39.1 Å². The third-order valence-corrected chi connectivity index (χ3v) is 16.5. The number of para-hydroxylation sites is 1. The summed E-state index contributed by atoms with van der Waals surface area (Å²) in [4.78, 5) is 271. The Morgan fingerprint density at radius 1 is 0.566 bits per heavy atom. The number of carbonyl (C=O) groups is 20. The number of ether oxygens (including phenoxy) is 3. The lowest BCUT2D eigenvalue weighted by Gasteiger charge is -2.30. The molecule has 113 heavy (non-hydrogen) atoms. The first-order chi connectivity index (χ1) is 53.3. The number of primary amides is 1. The fraction of sp³-hybridized carbons (Fsp3) is 0.449. The van der Waals surface area contributed by atoms with Gasteiger partial charge < -0.3 is 126 Å². The highest BCUT2D eigenvalue weighted by Crippen LogP contribution is 2.19. The number of aliphatic hydroxyl groups is 1. The zero-order valence-corrected chi connectivity index (χ0v) is 61.3. The Kier molecular flexibility index (Phi) is 37.1. The highest BCUT2D eigenvalue weighted by Gasteiger charge is 2.41. The van der Waals surface area contributed by atoms with E-state index in [-0.39, 0.29) is 37.2 Å². The number of benzene rings is 3. The molecule has 0 unspecified atom stereocenters. The molecule has 0 spiro atoms. The number of aliphatic carboxylic acids is 4. The SMILES string of the molecule is COc1ccc(C[C@H](N)C(=O)N[C@H](CC(N)=O)C(=O)N[C@@H](CC(=O)O)C(=O)N[C@@H]2C(=O)NCC(=O)N[C@@H](CCCNC(=O)OCc3ccccc3)C(=O)N[C@@H](CC(=O)O)C(=O)N[C@H](C)C(=O)N[C@@H](CC(=O)O)C(=O)NCC(=O)N[C@H](CO)C(=O)N[C@@H]([C@H](C)CC(=O)O)C(=O)N[C@@H](CC(=O)c3ccccc3N)C(=O)O[C@@H]2C)cc1. The van der Waals surface area contributed by atoms with Crippen molar-refractivity contribution in [2.45, 2.75) is 158 Å². The number of amides is 14. The molecule has 13 atom stereocenters. The first kappa shape index (κ1) is 92.0. The number of nitrogen functional groups attached to an aromatic ring is 1. The molecule has 1 fully saturated rings. The minimum Gasteiger partial charge on any atom is -0.497 e. The van der Waals surface area contributed by atoms with Crippen molar-refractivity contribution in [3.63, 3.8) is 0 Å². The van der Waals surface area contributed by atoms with E-state index < -0.39 is 262 Å². The maximum Gasteiger partial charge on any atom is 0.407 e. The Bertz CT molecular complexity index is 4000. The standard InChI is InChI=1S/C69H90N16O28/c1-32(21-52(91)92)56-67(108)83-46(23-48(87)38-13-8-9-14-39(38)70)68(109)113-34(3)57(85-64(105)45(27-55(97)98)82-63(104)42(24-49(72)88)80-59(100)40(71)22-35-16-18-37(111-4)19-17-35)66(107)75-29-50(89)77-41(15-10-20-73-69(110)112-31-36-11-6-5-7-12-36)61(102)81-44(26-54(95)96)62(103)76-33(2)58(99)79-43(25-53(93)94)60(101)74-28-51(90)78-47(30-86)65(106)84-56/h5-9,11-14,16-19,32-34,40-47,56-57,86H,10,15,20-31,70-71H2,1-4H3,(H2,72,88)(H,73,110)(H,74,101)(H,75,107)(H,76,103)(H,77,89)(H,78,90)(H,79,99)(H,80,100)(H,81,102)(H,82,104)(H,83,108)(H,84,106)(H,85,105)(H,91,92)(H,93,94)(H,95,96)(H,97,98)/t32-,33-,34-,40+,41+,42-,43+,44+,45+,46+,47-,56+,57+/m1/s1. The van der Waals surface area contributed by atoms with Gasteiger partial charge in [-0.15, -0.1) is 0 Å². The van der Waals surface area contributed by atoms with Crippen LogP contribution in [0.5, 0.6) is 5.75 Å². The molecule has 24 N–H and O–H groups in total. The number of carboxylic acids is 4. The summed E-state index contributed by atoms with van der Waals surface area (Å²) in [5.74, 6) is -29.1. The van der Waals surface area contributed by atoms with Gasteiger partial charge in [0.1, 0.15) is 78.9 Å². The van der Waals surface area contributed by atoms with Gasteiger partial charge in [0.25, 0.3) is 0 Å². The largest absolute Gasteiger partial charge is 0.497 e. The van der Waals surface area contributed by atoms with Crippen LogP contribution < -0.4 is 91.1 Å². The molecule has 0 radical (unpaired) electrons. The third kappa shape index (κ3) is 32.0. The van der Waals surface area contributed by atoms with Crippen molar-refractivity contribution in [1.29, 1.82) is 0 Å². The number of methoxy groups -OCH3 is 1. The summed E-state index contributed by atoms with van der Waals surface area (Å²) < 4.78 is 16.0. The van der Waals surface area contributed by atoms with Gasteiger partial charge in [-0.25, -0.2) is 9.59 Å². The first-order valence-corrected chi connectivity index (χ1v) is 34.5. The number of rotatable bonds is 30. The van der Waals surface area contributed by atoms with E-state index in [2.05, 4.69) is 47.9 Å². The molecule has 44 nitrogen and oxygen atoms in total. The van der Waals surface area contributed by atoms with Crippen LogP contribution in [-0.2, 0) is 109 Å². The second-order valence-corrected chi connectivity index (χ2v) is 25.6. The predicted octanol–water partition coefficient (Wildman–Crippen LogP) is -7.42. The van der Waals surface area contributed by atoms with Crippen molar-refractivity contribution in [3.05, 3.63) is 95.6 Å². The van der Waals surface area contributed by atoms with Gasteiger partial charge in [-0.1, -0.05) is 61.5 Å². The molecule has 0 saturated carbocycles. The molecule has 14 amide bonds. The highest BCUT2D eigenvalue weighted by atomic mass is 16.6. The third-order valence-electron chi connectivity index (χ3n) is 16.5. The van der Waals surface area contributed by atoms with Crippen molar-refractivity contribution in [2.24, 2.45) is 17.4 Å². The Morgan fingerprint density at radius 2 is 1.11 bits per heavy atom. The van der Waals surface area contributed by atoms with E-state index in [4.69, 9.17) is 31.4 Å². The van der Waals surface area contributed by atoms with Gasteiger partial charge in [-0.2, -0.15) is 0 Å². The zero-order valence-electron chi connectivity index (χ0n) is 61.3. The summed E-state index contributed by atoms with van der Waals surface area (Å²) >= 11 is 0. The average Bonchev–Trinajstić information content (AvgIpc) is 0.863. The predicted molar refractivity (Wildman–Crippen MR) is 384 cm³/mol. The molecule has 1 aliphatic rings.